The van der Waals surface area contributed by atoms with Gasteiger partial charge in [-0.05, 0) is 19.3 Å². The predicted octanol–water partition coefficient (Wildman–Crippen LogP) is -2.03. The first-order valence-corrected chi connectivity index (χ1v) is 5.62. The fourth-order valence-corrected chi connectivity index (χ4v) is 1.67. The highest BCUT2D eigenvalue weighted by Crippen LogP contribution is 2.05. The Hall–Kier alpha value is -1.63. The topological polar surface area (TPSA) is 127 Å². The molecule has 7 nitrogen and oxygen atoms in total. The molecule has 1 aliphatic rings. The molecule has 1 aliphatic heterocycles. The molecule has 0 aromatic carbocycles. The van der Waals surface area contributed by atoms with Crippen LogP contribution in [0.4, 0.5) is 0 Å². The van der Waals surface area contributed by atoms with Gasteiger partial charge in [0.1, 0.15) is 6.04 Å². The molecule has 1 heterocycles. The largest absolute Gasteiger partial charge is 0.370 e. The zero-order chi connectivity index (χ0) is 12.8. The number of nitrogens with two attached hydrogens (primary N) is 2. The van der Waals surface area contributed by atoms with Gasteiger partial charge in [0, 0.05) is 6.54 Å². The summed E-state index contributed by atoms with van der Waals surface area (Å²) < 4.78 is 0. The zero-order valence-electron chi connectivity index (χ0n) is 9.57. The summed E-state index contributed by atoms with van der Waals surface area (Å²) in [5.74, 6) is -1.37. The lowest BCUT2D eigenvalue weighted by Crippen LogP contribution is -2.51. The van der Waals surface area contributed by atoms with Crippen LogP contribution in [0.25, 0.3) is 0 Å². The summed E-state index contributed by atoms with van der Waals surface area (Å²) in [5.41, 5.74) is 10.4. The Morgan fingerprint density at radius 3 is 2.82 bits per heavy atom. The van der Waals surface area contributed by atoms with E-state index in [1.54, 1.807) is 0 Å². The number of amides is 3. The Kier molecular flexibility index (Phi) is 4.89. The molecule has 7 heteroatoms. The van der Waals surface area contributed by atoms with Crippen molar-refractivity contribution in [1.82, 2.24) is 10.6 Å². The van der Waals surface area contributed by atoms with Crippen LogP contribution in [-0.2, 0) is 14.4 Å². The van der Waals surface area contributed by atoms with Crippen LogP contribution < -0.4 is 22.1 Å². The number of carbonyl (C=O) groups is 3. The minimum absolute atomic E-state index is 0.206. The summed E-state index contributed by atoms with van der Waals surface area (Å²) in [6, 6.07) is -1.56. The predicted molar refractivity (Wildman–Crippen MR) is 60.6 cm³/mol. The van der Waals surface area contributed by atoms with Gasteiger partial charge in [0.05, 0.1) is 12.5 Å². The van der Waals surface area contributed by atoms with Gasteiger partial charge < -0.3 is 22.1 Å². The lowest BCUT2D eigenvalue weighted by atomic mass is 10.1. The first kappa shape index (κ1) is 13.4. The van der Waals surface area contributed by atoms with Gasteiger partial charge in [0.15, 0.2) is 0 Å². The molecule has 0 saturated carbocycles. The van der Waals surface area contributed by atoms with Crippen molar-refractivity contribution in [2.75, 3.05) is 6.54 Å². The fourth-order valence-electron chi connectivity index (χ4n) is 1.67. The van der Waals surface area contributed by atoms with Gasteiger partial charge in [-0.3, -0.25) is 14.4 Å². The highest BCUT2D eigenvalue weighted by Gasteiger charge is 2.25. The molecule has 2 atom stereocenters. The average Bonchev–Trinajstić information content (AvgIpc) is 2.43. The van der Waals surface area contributed by atoms with Crippen LogP contribution in [0.15, 0.2) is 0 Å². The summed E-state index contributed by atoms with van der Waals surface area (Å²) in [4.78, 5) is 33.7. The van der Waals surface area contributed by atoms with Gasteiger partial charge in [0.25, 0.3) is 0 Å². The molecule has 96 valence electrons. The van der Waals surface area contributed by atoms with Crippen molar-refractivity contribution in [2.24, 2.45) is 11.5 Å². The van der Waals surface area contributed by atoms with Crippen LogP contribution in [-0.4, -0.2) is 36.3 Å². The highest BCUT2D eigenvalue weighted by molar-refractivity contribution is 5.92. The second-order valence-electron chi connectivity index (χ2n) is 4.12. The monoisotopic (exact) mass is 242 g/mol. The minimum Gasteiger partial charge on any atom is -0.370 e. The van der Waals surface area contributed by atoms with E-state index in [9.17, 15) is 14.4 Å². The van der Waals surface area contributed by atoms with Crippen LogP contribution in [0.1, 0.15) is 25.7 Å². The summed E-state index contributed by atoms with van der Waals surface area (Å²) in [6.07, 6.45) is 2.11. The summed E-state index contributed by atoms with van der Waals surface area (Å²) in [5, 5.41) is 5.22. The molecule has 1 rings (SSSR count). The van der Waals surface area contributed by atoms with E-state index in [2.05, 4.69) is 10.6 Å². The Morgan fingerprint density at radius 1 is 1.47 bits per heavy atom. The molecular formula is C10H18N4O3. The van der Waals surface area contributed by atoms with Crippen molar-refractivity contribution >= 4 is 17.7 Å². The first-order chi connectivity index (χ1) is 8.00. The van der Waals surface area contributed by atoms with Gasteiger partial charge in [-0.2, -0.15) is 0 Å². The molecule has 3 amide bonds. The third kappa shape index (κ3) is 4.39. The maximum atomic E-state index is 11.6. The molecule has 6 N–H and O–H groups in total. The maximum absolute atomic E-state index is 11.6. The van der Waals surface area contributed by atoms with Crippen molar-refractivity contribution in [2.45, 2.75) is 37.8 Å². The molecule has 17 heavy (non-hydrogen) atoms. The quantitative estimate of drug-likeness (QED) is 0.453. The van der Waals surface area contributed by atoms with Gasteiger partial charge >= 0.3 is 0 Å². The number of primary amides is 1. The van der Waals surface area contributed by atoms with E-state index >= 15 is 0 Å². The molecule has 1 saturated heterocycles. The maximum Gasteiger partial charge on any atom is 0.242 e. The van der Waals surface area contributed by atoms with E-state index in [-0.39, 0.29) is 12.3 Å². The van der Waals surface area contributed by atoms with Crippen LogP contribution in [0.3, 0.4) is 0 Å². The van der Waals surface area contributed by atoms with Crippen LogP contribution in [0.5, 0.6) is 0 Å². The summed E-state index contributed by atoms with van der Waals surface area (Å²) in [7, 11) is 0. The lowest BCUT2D eigenvalue weighted by Gasteiger charge is -2.17. The first-order valence-electron chi connectivity index (χ1n) is 5.62. The molecule has 0 aromatic rings. The molecule has 0 spiro atoms. The molecule has 2 unspecified atom stereocenters. The van der Waals surface area contributed by atoms with E-state index < -0.39 is 23.9 Å². The zero-order valence-corrected chi connectivity index (χ0v) is 9.57. The van der Waals surface area contributed by atoms with Gasteiger partial charge in [-0.15, -0.1) is 0 Å². The normalized spacial score (nSPS) is 22.2. The van der Waals surface area contributed by atoms with Crippen molar-refractivity contribution < 1.29 is 14.4 Å². The molecule has 1 fully saturated rings. The van der Waals surface area contributed by atoms with Crippen molar-refractivity contribution in [3.63, 3.8) is 0 Å². The van der Waals surface area contributed by atoms with E-state index in [1.165, 1.54) is 0 Å². The SMILES string of the molecule is NC(=O)CC(N)C(=O)NC1CCCCNC1=O. The number of carbonyl (C=O) groups excluding carboxylic acids is 3. The second kappa shape index (κ2) is 6.19. The van der Waals surface area contributed by atoms with Crippen molar-refractivity contribution in [1.29, 1.82) is 0 Å². The minimum atomic E-state index is -0.997. The summed E-state index contributed by atoms with van der Waals surface area (Å²) >= 11 is 0. The van der Waals surface area contributed by atoms with Crippen LogP contribution in [0, 0.1) is 0 Å². The molecular weight excluding hydrogens is 224 g/mol. The van der Waals surface area contributed by atoms with E-state index in [0.29, 0.717) is 13.0 Å². The number of hydrogen-bond acceptors (Lipinski definition) is 4. The van der Waals surface area contributed by atoms with Gasteiger partial charge in [0.2, 0.25) is 17.7 Å². The third-order valence-electron chi connectivity index (χ3n) is 2.61. The average molecular weight is 242 g/mol. The Morgan fingerprint density at radius 2 is 2.18 bits per heavy atom. The van der Waals surface area contributed by atoms with Crippen LogP contribution in [0.2, 0.25) is 0 Å². The third-order valence-corrected chi connectivity index (χ3v) is 2.61. The van der Waals surface area contributed by atoms with E-state index in [0.717, 1.165) is 12.8 Å². The van der Waals surface area contributed by atoms with Crippen LogP contribution >= 0.6 is 0 Å². The lowest BCUT2D eigenvalue weighted by molar-refractivity contribution is -0.130. The number of hydrogen-bond donors (Lipinski definition) is 4. The Bertz CT molecular complexity index is 319. The van der Waals surface area contributed by atoms with E-state index in [1.807, 2.05) is 0 Å². The highest BCUT2D eigenvalue weighted by atomic mass is 16.2. The molecule has 0 aromatic heterocycles. The van der Waals surface area contributed by atoms with Crippen molar-refractivity contribution in [3.8, 4) is 0 Å². The summed E-state index contributed by atoms with van der Waals surface area (Å²) in [6.45, 7) is 0.624. The Balaban J connectivity index is 2.48. The number of nitrogens with one attached hydrogen (secondary N) is 2. The smallest absolute Gasteiger partial charge is 0.242 e. The second-order valence-corrected chi connectivity index (χ2v) is 4.12. The fraction of sp³-hybridized carbons (Fsp3) is 0.700. The standard InChI is InChI=1S/C10H18N4O3/c11-6(5-8(12)15)9(16)14-7-3-1-2-4-13-10(7)17/h6-7H,1-5,11H2,(H2,12,15)(H,13,17)(H,14,16). The number of rotatable bonds is 4. The van der Waals surface area contributed by atoms with Crippen molar-refractivity contribution in [3.05, 3.63) is 0 Å². The van der Waals surface area contributed by atoms with Gasteiger partial charge in [-0.25, -0.2) is 0 Å². The molecule has 0 bridgehead atoms. The Labute approximate surface area is 99.3 Å². The van der Waals surface area contributed by atoms with E-state index in [4.69, 9.17) is 11.5 Å². The molecule has 0 aliphatic carbocycles. The molecule has 0 radical (unpaired) electrons. The van der Waals surface area contributed by atoms with Gasteiger partial charge in [-0.1, -0.05) is 0 Å².